The Labute approximate surface area is 125 Å². The van der Waals surface area contributed by atoms with Gasteiger partial charge < -0.3 is 10.9 Å². The summed E-state index contributed by atoms with van der Waals surface area (Å²) in [5.41, 5.74) is 6.02. The Morgan fingerprint density at radius 1 is 0.524 bits per heavy atom. The third-order valence-electron chi connectivity index (χ3n) is 2.82. The van der Waals surface area contributed by atoms with E-state index in [4.69, 9.17) is 5.84 Å². The van der Waals surface area contributed by atoms with E-state index in [1.807, 2.05) is 42.5 Å². The van der Waals surface area contributed by atoms with Crippen LogP contribution in [0.25, 0.3) is 11.1 Å². The lowest BCUT2D eigenvalue weighted by atomic mass is 10.1. The predicted molar refractivity (Wildman–Crippen MR) is 89.7 cm³/mol. The topological polar surface area (TPSA) is 69.5 Å². The summed E-state index contributed by atoms with van der Waals surface area (Å²) in [5, 5.41) is 0. The molecule has 0 fully saturated rings. The summed E-state index contributed by atoms with van der Waals surface area (Å²) in [7, 11) is 0. The molecule has 0 unspecified atom stereocenters. The van der Waals surface area contributed by atoms with E-state index >= 15 is 0 Å². The molecular formula is C18H20N2O. The summed E-state index contributed by atoms with van der Waals surface area (Å²) in [6.45, 7) is 0. The highest BCUT2D eigenvalue weighted by molar-refractivity contribution is 5.62. The van der Waals surface area contributed by atoms with Gasteiger partial charge in [0.15, 0.2) is 0 Å². The minimum atomic E-state index is 0. The maximum atomic E-state index is 5.10. The molecule has 0 aliphatic carbocycles. The van der Waals surface area contributed by atoms with Crippen molar-refractivity contribution in [3.8, 4) is 11.1 Å². The van der Waals surface area contributed by atoms with Gasteiger partial charge >= 0.3 is 0 Å². The van der Waals surface area contributed by atoms with Gasteiger partial charge in [0, 0.05) is 5.69 Å². The highest BCUT2D eigenvalue weighted by atomic mass is 16.0. The van der Waals surface area contributed by atoms with Crippen LogP contribution >= 0.6 is 0 Å². The molecule has 0 saturated carbocycles. The highest BCUT2D eigenvalue weighted by Gasteiger charge is 1.91. The number of hydrogen-bond acceptors (Lipinski definition) is 2. The van der Waals surface area contributed by atoms with E-state index < -0.39 is 0 Å². The maximum absolute atomic E-state index is 5.10. The molecule has 3 nitrogen and oxygen atoms in total. The zero-order valence-electron chi connectivity index (χ0n) is 11.7. The molecule has 0 aliphatic heterocycles. The maximum Gasteiger partial charge on any atom is 0.0485 e. The molecule has 3 rings (SSSR count). The second kappa shape index (κ2) is 9.31. The van der Waals surface area contributed by atoms with Gasteiger partial charge in [-0.15, -0.1) is 0 Å². The average molecular weight is 280 g/mol. The minimum absolute atomic E-state index is 0. The van der Waals surface area contributed by atoms with E-state index in [1.54, 1.807) is 0 Å². The van der Waals surface area contributed by atoms with Crippen molar-refractivity contribution >= 4 is 5.69 Å². The molecular weight excluding hydrogens is 260 g/mol. The van der Waals surface area contributed by atoms with Crippen LogP contribution in [0.1, 0.15) is 0 Å². The van der Waals surface area contributed by atoms with Crippen LogP contribution in [0.4, 0.5) is 5.69 Å². The molecule has 0 aliphatic rings. The SMILES string of the molecule is NNc1ccccc1.O.c1ccc(-c2ccccc2)cc1. The van der Waals surface area contributed by atoms with E-state index in [-0.39, 0.29) is 5.48 Å². The molecule has 0 amide bonds. The Balaban J connectivity index is 0.000000216. The van der Waals surface area contributed by atoms with Gasteiger partial charge in [-0.1, -0.05) is 78.9 Å². The number of benzene rings is 3. The molecule has 0 spiro atoms. The number of nitrogens with one attached hydrogen (secondary N) is 1. The lowest BCUT2D eigenvalue weighted by Crippen LogP contribution is -2.05. The lowest BCUT2D eigenvalue weighted by molar-refractivity contribution is 0.824. The first-order valence-corrected chi connectivity index (χ1v) is 6.52. The zero-order chi connectivity index (χ0) is 14.0. The van der Waals surface area contributed by atoms with Crippen molar-refractivity contribution in [2.24, 2.45) is 5.84 Å². The lowest BCUT2D eigenvalue weighted by Gasteiger charge is -1.98. The first kappa shape index (κ1) is 16.4. The van der Waals surface area contributed by atoms with E-state index in [2.05, 4.69) is 54.0 Å². The molecule has 0 bridgehead atoms. The average Bonchev–Trinajstić information content (AvgIpc) is 2.58. The van der Waals surface area contributed by atoms with Crippen LogP contribution in [0.5, 0.6) is 0 Å². The van der Waals surface area contributed by atoms with Crippen LogP contribution in [0.2, 0.25) is 0 Å². The fourth-order valence-corrected chi connectivity index (χ4v) is 1.80. The van der Waals surface area contributed by atoms with Gasteiger partial charge in [-0.2, -0.15) is 0 Å². The fraction of sp³-hybridized carbons (Fsp3) is 0. The fourth-order valence-electron chi connectivity index (χ4n) is 1.80. The van der Waals surface area contributed by atoms with Gasteiger partial charge in [0.25, 0.3) is 0 Å². The number of nitrogen functional groups attached to an aromatic ring is 1. The van der Waals surface area contributed by atoms with Crippen molar-refractivity contribution in [2.45, 2.75) is 0 Å². The van der Waals surface area contributed by atoms with Crippen LogP contribution in [-0.2, 0) is 0 Å². The quantitative estimate of drug-likeness (QED) is 0.557. The Kier molecular flexibility index (Phi) is 7.29. The molecule has 3 aromatic carbocycles. The van der Waals surface area contributed by atoms with Crippen molar-refractivity contribution in [3.05, 3.63) is 91.0 Å². The van der Waals surface area contributed by atoms with Gasteiger partial charge in [0.1, 0.15) is 0 Å². The monoisotopic (exact) mass is 280 g/mol. The molecule has 0 heterocycles. The molecule has 21 heavy (non-hydrogen) atoms. The van der Waals surface area contributed by atoms with Gasteiger partial charge in [-0.3, -0.25) is 5.84 Å². The minimum Gasteiger partial charge on any atom is -0.412 e. The summed E-state index contributed by atoms with van der Waals surface area (Å²) in [5.74, 6) is 5.10. The normalized spacial score (nSPS) is 8.81. The van der Waals surface area contributed by atoms with E-state index in [9.17, 15) is 0 Å². The number of para-hydroxylation sites is 1. The zero-order valence-corrected chi connectivity index (χ0v) is 11.7. The van der Waals surface area contributed by atoms with Gasteiger partial charge in [-0.05, 0) is 23.3 Å². The van der Waals surface area contributed by atoms with Crippen molar-refractivity contribution in [3.63, 3.8) is 0 Å². The van der Waals surface area contributed by atoms with Crippen molar-refractivity contribution in [1.29, 1.82) is 0 Å². The van der Waals surface area contributed by atoms with Crippen molar-refractivity contribution in [2.75, 3.05) is 5.43 Å². The number of anilines is 1. The molecule has 5 N–H and O–H groups in total. The summed E-state index contributed by atoms with van der Waals surface area (Å²) >= 11 is 0. The molecule has 0 radical (unpaired) electrons. The van der Waals surface area contributed by atoms with Crippen LogP contribution < -0.4 is 11.3 Å². The molecule has 0 atom stereocenters. The van der Waals surface area contributed by atoms with Crippen molar-refractivity contribution < 1.29 is 5.48 Å². The molecule has 0 aromatic heterocycles. The smallest absolute Gasteiger partial charge is 0.0485 e. The van der Waals surface area contributed by atoms with Gasteiger partial charge in [-0.25, -0.2) is 0 Å². The molecule has 3 heteroatoms. The number of hydrazine groups is 1. The van der Waals surface area contributed by atoms with Gasteiger partial charge in [0.05, 0.1) is 0 Å². The third-order valence-corrected chi connectivity index (χ3v) is 2.82. The molecule has 108 valence electrons. The van der Waals surface area contributed by atoms with Crippen LogP contribution in [-0.4, -0.2) is 5.48 Å². The number of nitrogens with two attached hydrogens (primary N) is 1. The second-order valence-corrected chi connectivity index (χ2v) is 4.24. The highest BCUT2D eigenvalue weighted by Crippen LogP contribution is 2.17. The molecule has 0 saturated heterocycles. The third kappa shape index (κ3) is 5.48. The Morgan fingerprint density at radius 3 is 1.14 bits per heavy atom. The van der Waals surface area contributed by atoms with Crippen LogP contribution in [0.15, 0.2) is 91.0 Å². The summed E-state index contributed by atoms with van der Waals surface area (Å²) in [6.07, 6.45) is 0. The largest absolute Gasteiger partial charge is 0.412 e. The standard InChI is InChI=1S/C12H10.C6H8N2.H2O/c1-3-7-11(8-4-1)12-9-5-2-6-10-12;7-8-6-4-2-1-3-5-6;/h1-10H;1-5,8H,7H2;1H2. The van der Waals surface area contributed by atoms with Crippen LogP contribution in [0, 0.1) is 0 Å². The second-order valence-electron chi connectivity index (χ2n) is 4.24. The van der Waals surface area contributed by atoms with Crippen LogP contribution in [0.3, 0.4) is 0 Å². The summed E-state index contributed by atoms with van der Waals surface area (Å²) < 4.78 is 0. The number of hydrogen-bond donors (Lipinski definition) is 2. The molecule has 3 aromatic rings. The van der Waals surface area contributed by atoms with E-state index in [0.29, 0.717) is 0 Å². The van der Waals surface area contributed by atoms with Crippen molar-refractivity contribution in [1.82, 2.24) is 0 Å². The Morgan fingerprint density at radius 2 is 0.857 bits per heavy atom. The Hall–Kier alpha value is -2.62. The number of rotatable bonds is 2. The first-order chi connectivity index (χ1) is 9.90. The predicted octanol–water partition coefficient (Wildman–Crippen LogP) is 3.50. The summed E-state index contributed by atoms with van der Waals surface area (Å²) in [4.78, 5) is 0. The van der Waals surface area contributed by atoms with Gasteiger partial charge in [0.2, 0.25) is 0 Å². The van der Waals surface area contributed by atoms with E-state index in [1.165, 1.54) is 11.1 Å². The first-order valence-electron chi connectivity index (χ1n) is 6.52. The summed E-state index contributed by atoms with van der Waals surface area (Å²) in [6, 6.07) is 30.4. The Bertz CT molecular complexity index is 560. The van der Waals surface area contributed by atoms with E-state index in [0.717, 1.165) is 5.69 Å².